The summed E-state index contributed by atoms with van der Waals surface area (Å²) in [6.45, 7) is 9.11. The number of esters is 1. The van der Waals surface area contributed by atoms with Gasteiger partial charge in [-0.3, -0.25) is 9.59 Å². The molecule has 2 aromatic carbocycles. The molecule has 33 heavy (non-hydrogen) atoms. The normalized spacial score (nSPS) is 16.9. The number of rotatable bonds is 8. The molecule has 1 saturated heterocycles. The first-order chi connectivity index (χ1) is 15.7. The molecule has 0 bridgehead atoms. The fourth-order valence-electron chi connectivity index (χ4n) is 4.15. The summed E-state index contributed by atoms with van der Waals surface area (Å²) in [6.07, 6.45) is 0.991. The van der Waals surface area contributed by atoms with Crippen LogP contribution >= 0.6 is 0 Å². The summed E-state index contributed by atoms with van der Waals surface area (Å²) in [4.78, 5) is 40.0. The molecule has 1 heterocycles. The third-order valence-corrected chi connectivity index (χ3v) is 5.48. The molecule has 6 heteroatoms. The molecule has 2 atom stereocenters. The Morgan fingerprint density at radius 2 is 1.64 bits per heavy atom. The summed E-state index contributed by atoms with van der Waals surface area (Å²) in [7, 11) is 0. The molecule has 0 N–H and O–H groups in total. The molecule has 0 aliphatic carbocycles. The summed E-state index contributed by atoms with van der Waals surface area (Å²) < 4.78 is 10.8. The minimum Gasteiger partial charge on any atom is -0.460 e. The minimum atomic E-state index is -0.766. The van der Waals surface area contributed by atoms with E-state index in [1.54, 1.807) is 26.8 Å². The Hall–Kier alpha value is -3.41. The lowest BCUT2D eigenvalue weighted by molar-refractivity contribution is -0.158. The van der Waals surface area contributed by atoms with E-state index in [4.69, 9.17) is 9.47 Å². The van der Waals surface area contributed by atoms with Crippen LogP contribution in [0.2, 0.25) is 0 Å². The fraction of sp³-hybridized carbons (Fsp3) is 0.370. The van der Waals surface area contributed by atoms with Crippen molar-refractivity contribution in [2.75, 3.05) is 6.61 Å². The first-order valence-electron chi connectivity index (χ1n) is 11.1. The van der Waals surface area contributed by atoms with Gasteiger partial charge in [0.2, 0.25) is 5.91 Å². The average Bonchev–Trinajstić information content (AvgIpc) is 3.14. The second-order valence-corrected chi connectivity index (χ2v) is 9.16. The summed E-state index contributed by atoms with van der Waals surface area (Å²) in [6, 6.07) is 18.9. The molecule has 0 aromatic heterocycles. The predicted octanol–water partition coefficient (Wildman–Crippen LogP) is 5.09. The quantitative estimate of drug-likeness (QED) is 0.415. The molecule has 1 aliphatic heterocycles. The van der Waals surface area contributed by atoms with E-state index < -0.39 is 35.5 Å². The van der Waals surface area contributed by atoms with Crippen molar-refractivity contribution < 1.29 is 23.9 Å². The van der Waals surface area contributed by atoms with Crippen molar-refractivity contribution in [3.05, 3.63) is 84.4 Å². The standard InChI is InChI=1S/C27H31NO5/c1-5-12-21(17-23(29)33-27(2,3)4)25(30)28-22(18-32-26(28)31)24(19-13-8-6-9-14-19)20-15-10-7-11-16-20/h5-11,13-16,21-22,24H,1,12,17-18H2,2-4H3/t21-,22+/m1/s1. The maximum atomic E-state index is 13.6. The largest absolute Gasteiger partial charge is 0.460 e. The predicted molar refractivity (Wildman–Crippen MR) is 125 cm³/mol. The van der Waals surface area contributed by atoms with Gasteiger partial charge in [0, 0.05) is 5.92 Å². The molecule has 2 amide bonds. The zero-order chi connectivity index (χ0) is 24.0. The van der Waals surface area contributed by atoms with Gasteiger partial charge in [0.15, 0.2) is 0 Å². The summed E-state index contributed by atoms with van der Waals surface area (Å²) in [5.41, 5.74) is 1.27. The first kappa shape index (κ1) is 24.2. The van der Waals surface area contributed by atoms with Crippen LogP contribution in [-0.2, 0) is 19.1 Å². The molecule has 3 rings (SSSR count). The van der Waals surface area contributed by atoms with Gasteiger partial charge >= 0.3 is 12.1 Å². The lowest BCUT2D eigenvalue weighted by atomic mass is 9.84. The van der Waals surface area contributed by atoms with Gasteiger partial charge in [0.25, 0.3) is 0 Å². The highest BCUT2D eigenvalue weighted by Crippen LogP contribution is 2.35. The number of carbonyl (C=O) groups is 3. The third kappa shape index (κ3) is 6.09. The van der Waals surface area contributed by atoms with Gasteiger partial charge in [-0.1, -0.05) is 66.7 Å². The lowest BCUT2D eigenvalue weighted by Crippen LogP contribution is -2.46. The molecular weight excluding hydrogens is 418 g/mol. The number of ether oxygens (including phenoxy) is 2. The summed E-state index contributed by atoms with van der Waals surface area (Å²) >= 11 is 0. The SMILES string of the molecule is C=CC[C@H](CC(=O)OC(C)(C)C)C(=O)N1C(=O)OC[C@H]1C(c1ccccc1)c1ccccc1. The number of benzene rings is 2. The van der Waals surface area contributed by atoms with E-state index in [1.165, 1.54) is 4.90 Å². The number of hydrogen-bond donors (Lipinski definition) is 0. The Morgan fingerprint density at radius 1 is 1.09 bits per heavy atom. The van der Waals surface area contributed by atoms with E-state index in [0.717, 1.165) is 11.1 Å². The van der Waals surface area contributed by atoms with Crippen molar-refractivity contribution in [2.45, 2.75) is 51.2 Å². The van der Waals surface area contributed by atoms with Crippen LogP contribution in [0.15, 0.2) is 73.3 Å². The van der Waals surface area contributed by atoms with Crippen molar-refractivity contribution in [1.82, 2.24) is 4.90 Å². The topological polar surface area (TPSA) is 72.9 Å². The maximum absolute atomic E-state index is 13.6. The van der Waals surface area contributed by atoms with E-state index in [9.17, 15) is 14.4 Å². The van der Waals surface area contributed by atoms with E-state index in [1.807, 2.05) is 60.7 Å². The van der Waals surface area contributed by atoms with Crippen LogP contribution in [0.4, 0.5) is 4.79 Å². The molecule has 1 fully saturated rings. The molecule has 0 spiro atoms. The summed E-state index contributed by atoms with van der Waals surface area (Å²) in [5, 5.41) is 0. The molecule has 174 valence electrons. The molecule has 6 nitrogen and oxygen atoms in total. The number of amides is 2. The summed E-state index contributed by atoms with van der Waals surface area (Å²) in [5.74, 6) is -1.98. The van der Waals surface area contributed by atoms with E-state index >= 15 is 0 Å². The number of nitrogens with zero attached hydrogens (tertiary/aromatic N) is 1. The van der Waals surface area contributed by atoms with Crippen LogP contribution in [-0.4, -0.2) is 41.1 Å². The van der Waals surface area contributed by atoms with E-state index in [2.05, 4.69) is 6.58 Å². The monoisotopic (exact) mass is 449 g/mol. The number of carbonyl (C=O) groups excluding carboxylic acids is 3. The highest BCUT2D eigenvalue weighted by Gasteiger charge is 2.45. The Morgan fingerprint density at radius 3 is 2.12 bits per heavy atom. The van der Waals surface area contributed by atoms with Crippen LogP contribution in [0.25, 0.3) is 0 Å². The molecule has 0 saturated carbocycles. The first-order valence-corrected chi connectivity index (χ1v) is 11.1. The van der Waals surface area contributed by atoms with Gasteiger partial charge in [-0.2, -0.15) is 0 Å². The lowest BCUT2D eigenvalue weighted by Gasteiger charge is -2.31. The molecule has 0 unspecified atom stereocenters. The van der Waals surface area contributed by atoms with Crippen LogP contribution in [0.3, 0.4) is 0 Å². The maximum Gasteiger partial charge on any atom is 0.417 e. The van der Waals surface area contributed by atoms with Gasteiger partial charge in [-0.15, -0.1) is 6.58 Å². The van der Waals surface area contributed by atoms with E-state index in [-0.39, 0.29) is 25.4 Å². The smallest absolute Gasteiger partial charge is 0.417 e. The average molecular weight is 450 g/mol. The van der Waals surface area contributed by atoms with Crippen molar-refractivity contribution >= 4 is 18.0 Å². The van der Waals surface area contributed by atoms with Crippen molar-refractivity contribution in [2.24, 2.45) is 5.92 Å². The van der Waals surface area contributed by atoms with Gasteiger partial charge in [0.05, 0.1) is 18.4 Å². The van der Waals surface area contributed by atoms with Crippen molar-refractivity contribution in [1.29, 1.82) is 0 Å². The zero-order valence-corrected chi connectivity index (χ0v) is 19.4. The zero-order valence-electron chi connectivity index (χ0n) is 19.4. The van der Waals surface area contributed by atoms with Gasteiger partial charge in [-0.25, -0.2) is 9.69 Å². The van der Waals surface area contributed by atoms with Crippen molar-refractivity contribution in [3.63, 3.8) is 0 Å². The molecule has 1 aliphatic rings. The van der Waals surface area contributed by atoms with Crippen LogP contribution in [0.5, 0.6) is 0 Å². The molecule has 2 aromatic rings. The van der Waals surface area contributed by atoms with Gasteiger partial charge in [-0.05, 0) is 38.3 Å². The van der Waals surface area contributed by atoms with Gasteiger partial charge < -0.3 is 9.47 Å². The second-order valence-electron chi connectivity index (χ2n) is 9.16. The Kier molecular flexibility index (Phi) is 7.69. The third-order valence-electron chi connectivity index (χ3n) is 5.48. The van der Waals surface area contributed by atoms with Crippen LogP contribution < -0.4 is 0 Å². The van der Waals surface area contributed by atoms with Crippen LogP contribution in [0, 0.1) is 5.92 Å². The van der Waals surface area contributed by atoms with Crippen molar-refractivity contribution in [3.8, 4) is 0 Å². The fourth-order valence-corrected chi connectivity index (χ4v) is 4.15. The number of cyclic esters (lactones) is 1. The molecular formula is C27H31NO5. The number of imide groups is 1. The number of allylic oxidation sites excluding steroid dienone is 1. The Labute approximate surface area is 195 Å². The highest BCUT2D eigenvalue weighted by molar-refractivity contribution is 5.96. The molecule has 0 radical (unpaired) electrons. The van der Waals surface area contributed by atoms with E-state index in [0.29, 0.717) is 0 Å². The number of hydrogen-bond acceptors (Lipinski definition) is 5. The minimum absolute atomic E-state index is 0.0757. The highest BCUT2D eigenvalue weighted by atomic mass is 16.6. The Bertz CT molecular complexity index is 941. The van der Waals surface area contributed by atoms with Crippen LogP contribution in [0.1, 0.15) is 50.7 Å². The second kappa shape index (κ2) is 10.5. The Balaban J connectivity index is 1.93. The van der Waals surface area contributed by atoms with Gasteiger partial charge in [0.1, 0.15) is 12.2 Å².